The Bertz CT molecular complexity index is 918. The van der Waals surface area contributed by atoms with Crippen LogP contribution >= 0.6 is 15.9 Å². The Hall–Kier alpha value is -2.73. The molecule has 1 aromatic heterocycles. The van der Waals surface area contributed by atoms with E-state index in [1.54, 1.807) is 0 Å². The molecule has 1 aliphatic heterocycles. The van der Waals surface area contributed by atoms with Crippen LogP contribution in [0.1, 0.15) is 23.2 Å². The summed E-state index contributed by atoms with van der Waals surface area (Å²) in [5.74, 6) is 0.659. The van der Waals surface area contributed by atoms with Crippen LogP contribution in [0.5, 0.6) is 0 Å². The number of amides is 1. The highest BCUT2D eigenvalue weighted by molar-refractivity contribution is 9.10. The van der Waals surface area contributed by atoms with Crippen LogP contribution < -0.4 is 10.2 Å². The predicted molar refractivity (Wildman–Crippen MR) is 111 cm³/mol. The Morgan fingerprint density at radius 2 is 1.52 bits per heavy atom. The third kappa shape index (κ3) is 4.17. The maximum Gasteiger partial charge on any atom is 0.255 e. The van der Waals surface area contributed by atoms with Crippen LogP contribution in [0.2, 0.25) is 0 Å². The lowest BCUT2D eigenvalue weighted by Crippen LogP contribution is -2.20. The SMILES string of the molecule is O=C(Nc1ccc(Br)cc1)c1ccc(-c2cnc(N3CCCC3)nc2)cc1. The van der Waals surface area contributed by atoms with Crippen LogP contribution in [0, 0.1) is 0 Å². The van der Waals surface area contributed by atoms with E-state index in [1.807, 2.05) is 60.9 Å². The van der Waals surface area contributed by atoms with Crippen molar-refractivity contribution in [2.75, 3.05) is 23.3 Å². The topological polar surface area (TPSA) is 58.1 Å². The zero-order valence-electron chi connectivity index (χ0n) is 14.7. The molecule has 1 amide bonds. The van der Waals surface area contributed by atoms with E-state index in [-0.39, 0.29) is 5.91 Å². The number of hydrogen-bond donors (Lipinski definition) is 1. The first-order valence-corrected chi connectivity index (χ1v) is 9.73. The fourth-order valence-electron chi connectivity index (χ4n) is 3.10. The van der Waals surface area contributed by atoms with Gasteiger partial charge in [-0.05, 0) is 54.8 Å². The van der Waals surface area contributed by atoms with Gasteiger partial charge in [-0.25, -0.2) is 9.97 Å². The van der Waals surface area contributed by atoms with E-state index >= 15 is 0 Å². The van der Waals surface area contributed by atoms with E-state index in [0.717, 1.165) is 40.3 Å². The van der Waals surface area contributed by atoms with E-state index < -0.39 is 0 Å². The summed E-state index contributed by atoms with van der Waals surface area (Å²) in [6.45, 7) is 2.06. The summed E-state index contributed by atoms with van der Waals surface area (Å²) in [6, 6.07) is 15.0. The Labute approximate surface area is 166 Å². The number of anilines is 2. The zero-order chi connectivity index (χ0) is 18.6. The second-order valence-corrected chi connectivity index (χ2v) is 7.42. The number of nitrogens with one attached hydrogen (secondary N) is 1. The number of halogens is 1. The molecule has 6 heteroatoms. The van der Waals surface area contributed by atoms with Crippen molar-refractivity contribution in [3.63, 3.8) is 0 Å². The number of carbonyl (C=O) groups excluding carboxylic acids is 1. The maximum atomic E-state index is 12.4. The molecule has 2 heterocycles. The smallest absolute Gasteiger partial charge is 0.255 e. The average molecular weight is 423 g/mol. The van der Waals surface area contributed by atoms with Crippen molar-refractivity contribution in [2.45, 2.75) is 12.8 Å². The average Bonchev–Trinajstić information content (AvgIpc) is 3.25. The van der Waals surface area contributed by atoms with Crippen molar-refractivity contribution >= 4 is 33.5 Å². The number of benzene rings is 2. The van der Waals surface area contributed by atoms with Crippen LogP contribution in [0.4, 0.5) is 11.6 Å². The zero-order valence-corrected chi connectivity index (χ0v) is 16.3. The predicted octanol–water partition coefficient (Wildman–Crippen LogP) is 4.76. The lowest BCUT2D eigenvalue weighted by molar-refractivity contribution is 0.102. The molecule has 1 fully saturated rings. The number of rotatable bonds is 4. The van der Waals surface area contributed by atoms with Gasteiger partial charge in [0.1, 0.15) is 0 Å². The fraction of sp³-hybridized carbons (Fsp3) is 0.190. The van der Waals surface area contributed by atoms with Gasteiger partial charge in [-0.3, -0.25) is 4.79 Å². The molecule has 2 aromatic carbocycles. The van der Waals surface area contributed by atoms with Crippen molar-refractivity contribution in [3.8, 4) is 11.1 Å². The summed E-state index contributed by atoms with van der Waals surface area (Å²) < 4.78 is 0.975. The highest BCUT2D eigenvalue weighted by Gasteiger charge is 2.14. The van der Waals surface area contributed by atoms with Crippen molar-refractivity contribution < 1.29 is 4.79 Å². The molecule has 4 rings (SSSR count). The summed E-state index contributed by atoms with van der Waals surface area (Å²) in [7, 11) is 0. The maximum absolute atomic E-state index is 12.4. The lowest BCUT2D eigenvalue weighted by Gasteiger charge is -2.14. The Balaban J connectivity index is 1.45. The van der Waals surface area contributed by atoms with Crippen LogP contribution in [0.3, 0.4) is 0 Å². The van der Waals surface area contributed by atoms with Gasteiger partial charge in [0.2, 0.25) is 5.95 Å². The van der Waals surface area contributed by atoms with E-state index in [2.05, 4.69) is 36.1 Å². The van der Waals surface area contributed by atoms with E-state index in [4.69, 9.17) is 0 Å². The van der Waals surface area contributed by atoms with Crippen molar-refractivity contribution in [3.05, 3.63) is 71.0 Å². The summed E-state index contributed by atoms with van der Waals surface area (Å²) in [6.07, 6.45) is 6.10. The highest BCUT2D eigenvalue weighted by Crippen LogP contribution is 2.22. The molecule has 5 nitrogen and oxygen atoms in total. The van der Waals surface area contributed by atoms with Gasteiger partial charge in [-0.15, -0.1) is 0 Å². The van der Waals surface area contributed by atoms with Gasteiger partial charge in [0, 0.05) is 46.8 Å². The minimum atomic E-state index is -0.135. The van der Waals surface area contributed by atoms with Gasteiger partial charge in [-0.2, -0.15) is 0 Å². The summed E-state index contributed by atoms with van der Waals surface area (Å²) in [5, 5.41) is 2.89. The van der Waals surface area contributed by atoms with Gasteiger partial charge in [0.25, 0.3) is 5.91 Å². The van der Waals surface area contributed by atoms with Crippen LogP contribution in [0.25, 0.3) is 11.1 Å². The lowest BCUT2D eigenvalue weighted by atomic mass is 10.1. The molecule has 3 aromatic rings. The molecule has 0 unspecified atom stereocenters. The van der Waals surface area contributed by atoms with Crippen LogP contribution in [-0.2, 0) is 0 Å². The molecule has 1 N–H and O–H groups in total. The van der Waals surface area contributed by atoms with Gasteiger partial charge in [-0.1, -0.05) is 28.1 Å². The Morgan fingerprint density at radius 3 is 2.15 bits per heavy atom. The Kier molecular flexibility index (Phi) is 5.16. The quantitative estimate of drug-likeness (QED) is 0.658. The molecule has 136 valence electrons. The van der Waals surface area contributed by atoms with E-state index in [1.165, 1.54) is 12.8 Å². The van der Waals surface area contributed by atoms with Gasteiger partial charge in [0.15, 0.2) is 0 Å². The number of carbonyl (C=O) groups is 1. The van der Waals surface area contributed by atoms with Crippen LogP contribution in [-0.4, -0.2) is 29.0 Å². The molecular weight excluding hydrogens is 404 g/mol. The van der Waals surface area contributed by atoms with Crippen molar-refractivity contribution in [2.24, 2.45) is 0 Å². The molecule has 0 bridgehead atoms. The van der Waals surface area contributed by atoms with Gasteiger partial charge >= 0.3 is 0 Å². The molecular formula is C21H19BrN4O. The first kappa shape index (κ1) is 17.7. The third-order valence-corrected chi connectivity index (χ3v) is 5.14. The molecule has 0 atom stereocenters. The summed E-state index contributed by atoms with van der Waals surface area (Å²) in [5.41, 5.74) is 3.30. The van der Waals surface area contributed by atoms with E-state index in [0.29, 0.717) is 5.56 Å². The molecule has 0 saturated carbocycles. The van der Waals surface area contributed by atoms with Gasteiger partial charge < -0.3 is 10.2 Å². The minimum Gasteiger partial charge on any atom is -0.341 e. The first-order valence-electron chi connectivity index (χ1n) is 8.93. The molecule has 0 aliphatic carbocycles. The highest BCUT2D eigenvalue weighted by atomic mass is 79.9. The largest absolute Gasteiger partial charge is 0.341 e. The monoisotopic (exact) mass is 422 g/mol. The third-order valence-electron chi connectivity index (χ3n) is 4.61. The van der Waals surface area contributed by atoms with E-state index in [9.17, 15) is 4.79 Å². The second-order valence-electron chi connectivity index (χ2n) is 6.50. The number of nitrogens with zero attached hydrogens (tertiary/aromatic N) is 3. The Morgan fingerprint density at radius 1 is 0.889 bits per heavy atom. The first-order chi connectivity index (χ1) is 13.2. The summed E-state index contributed by atoms with van der Waals surface area (Å²) >= 11 is 3.38. The second kappa shape index (κ2) is 7.88. The molecule has 1 saturated heterocycles. The molecule has 1 aliphatic rings. The van der Waals surface area contributed by atoms with Crippen LogP contribution in [0.15, 0.2) is 65.4 Å². The van der Waals surface area contributed by atoms with Crippen molar-refractivity contribution in [1.29, 1.82) is 0 Å². The summed E-state index contributed by atoms with van der Waals surface area (Å²) in [4.78, 5) is 23.6. The minimum absolute atomic E-state index is 0.135. The number of hydrogen-bond acceptors (Lipinski definition) is 4. The molecule has 27 heavy (non-hydrogen) atoms. The fourth-order valence-corrected chi connectivity index (χ4v) is 3.37. The standard InChI is InChI=1S/C21H19BrN4O/c22-18-7-9-19(10-8-18)25-20(27)16-5-3-15(4-6-16)17-13-23-21(24-14-17)26-11-1-2-12-26/h3-10,13-14H,1-2,11-12H2,(H,25,27). The normalized spacial score (nSPS) is 13.6. The number of aromatic nitrogens is 2. The van der Waals surface area contributed by atoms with Crippen molar-refractivity contribution in [1.82, 2.24) is 9.97 Å². The molecule has 0 spiro atoms. The van der Waals surface area contributed by atoms with Gasteiger partial charge in [0.05, 0.1) is 0 Å². The molecule has 0 radical (unpaired) electrons.